The minimum Gasteiger partial charge on any atom is -0.384 e. The second-order valence-electron chi connectivity index (χ2n) is 3.61. The molecule has 0 spiro atoms. The maximum Gasteiger partial charge on any atom is 0.150 e. The number of nitrogens with one attached hydrogen (secondary N) is 1. The highest BCUT2D eigenvalue weighted by atomic mass is 32.2. The molecule has 3 N–H and O–H groups in total. The molecule has 0 unspecified atom stereocenters. The number of nitrogens with zero attached hydrogens (tertiary/aromatic N) is 1. The summed E-state index contributed by atoms with van der Waals surface area (Å²) in [7, 11) is 0. The van der Waals surface area contributed by atoms with E-state index in [4.69, 9.17) is 11.1 Å². The molecule has 0 aliphatic carbocycles. The molecule has 1 aromatic carbocycles. The fourth-order valence-corrected chi connectivity index (χ4v) is 3.30. The van der Waals surface area contributed by atoms with Gasteiger partial charge >= 0.3 is 0 Å². The third-order valence-corrected chi connectivity index (χ3v) is 4.44. The number of aromatic nitrogens is 1. The number of nitrogen functional groups attached to an aromatic ring is 1. The van der Waals surface area contributed by atoms with Gasteiger partial charge < -0.3 is 5.73 Å². The monoisotopic (exact) mass is 263 g/mol. The number of amidine groups is 1. The van der Waals surface area contributed by atoms with E-state index in [2.05, 4.69) is 4.98 Å². The Balaban J connectivity index is 2.11. The van der Waals surface area contributed by atoms with E-state index in [9.17, 15) is 0 Å². The first kappa shape index (κ1) is 12.1. The standard InChI is InChI=1S/C12H13N3S2/c1-8-6-16-12(15-8)17-7-9-4-2-3-5-10(9)11(13)14/h2-6H,7H2,1H3,(H3,13,14). The van der Waals surface area contributed by atoms with Crippen LogP contribution in [0.25, 0.3) is 0 Å². The number of rotatable bonds is 4. The quantitative estimate of drug-likeness (QED) is 0.506. The van der Waals surface area contributed by atoms with Crippen LogP contribution in [-0.4, -0.2) is 10.8 Å². The molecule has 0 saturated carbocycles. The zero-order chi connectivity index (χ0) is 12.3. The van der Waals surface area contributed by atoms with Gasteiger partial charge in [0.2, 0.25) is 0 Å². The van der Waals surface area contributed by atoms with E-state index in [-0.39, 0.29) is 5.84 Å². The molecule has 0 saturated heterocycles. The molecule has 0 fully saturated rings. The van der Waals surface area contributed by atoms with Crippen LogP contribution in [0, 0.1) is 12.3 Å². The maximum atomic E-state index is 7.52. The molecular formula is C12H13N3S2. The fraction of sp³-hybridized carbons (Fsp3) is 0.167. The van der Waals surface area contributed by atoms with Crippen molar-refractivity contribution in [1.82, 2.24) is 4.98 Å². The van der Waals surface area contributed by atoms with Gasteiger partial charge in [-0.05, 0) is 12.5 Å². The minimum absolute atomic E-state index is 0.122. The number of thioether (sulfide) groups is 1. The predicted molar refractivity (Wildman–Crippen MR) is 73.9 cm³/mol. The van der Waals surface area contributed by atoms with Crippen LogP contribution >= 0.6 is 23.1 Å². The number of hydrogen-bond acceptors (Lipinski definition) is 4. The third-order valence-electron chi connectivity index (χ3n) is 2.26. The molecule has 0 atom stereocenters. The largest absolute Gasteiger partial charge is 0.384 e. The summed E-state index contributed by atoms with van der Waals surface area (Å²) in [5.74, 6) is 0.916. The summed E-state index contributed by atoms with van der Waals surface area (Å²) in [6, 6.07) is 7.75. The van der Waals surface area contributed by atoms with Crippen molar-refractivity contribution in [2.24, 2.45) is 5.73 Å². The Hall–Kier alpha value is -1.33. The van der Waals surface area contributed by atoms with Crippen LogP contribution in [0.15, 0.2) is 34.0 Å². The number of benzene rings is 1. The van der Waals surface area contributed by atoms with Crippen molar-refractivity contribution in [2.45, 2.75) is 17.0 Å². The summed E-state index contributed by atoms with van der Waals surface area (Å²) in [6.07, 6.45) is 0. The Kier molecular flexibility index (Phi) is 3.81. The molecule has 1 heterocycles. The summed E-state index contributed by atoms with van der Waals surface area (Å²) in [4.78, 5) is 4.40. The zero-order valence-corrected chi connectivity index (χ0v) is 11.1. The molecule has 1 aromatic heterocycles. The van der Waals surface area contributed by atoms with Crippen molar-refractivity contribution >= 4 is 28.9 Å². The molecule has 0 bridgehead atoms. The predicted octanol–water partition coefficient (Wildman–Crippen LogP) is 3.03. The molecule has 17 heavy (non-hydrogen) atoms. The molecule has 88 valence electrons. The number of aryl methyl sites for hydroxylation is 1. The average Bonchev–Trinajstić information content (AvgIpc) is 2.73. The summed E-state index contributed by atoms with van der Waals surface area (Å²) in [6.45, 7) is 1.99. The van der Waals surface area contributed by atoms with E-state index in [0.29, 0.717) is 0 Å². The van der Waals surface area contributed by atoms with E-state index in [0.717, 1.165) is 26.9 Å². The highest BCUT2D eigenvalue weighted by Crippen LogP contribution is 2.27. The number of nitrogens with two attached hydrogens (primary N) is 1. The molecule has 2 rings (SSSR count). The molecular weight excluding hydrogens is 250 g/mol. The van der Waals surface area contributed by atoms with Gasteiger partial charge in [-0.25, -0.2) is 4.98 Å². The second kappa shape index (κ2) is 5.33. The van der Waals surface area contributed by atoms with Gasteiger partial charge in [0.05, 0.1) is 0 Å². The highest BCUT2D eigenvalue weighted by Gasteiger charge is 2.06. The van der Waals surface area contributed by atoms with Crippen LogP contribution < -0.4 is 5.73 Å². The first-order valence-electron chi connectivity index (χ1n) is 5.14. The zero-order valence-electron chi connectivity index (χ0n) is 9.43. The van der Waals surface area contributed by atoms with Crippen molar-refractivity contribution < 1.29 is 0 Å². The van der Waals surface area contributed by atoms with Gasteiger partial charge in [0, 0.05) is 22.4 Å². The Morgan fingerprint density at radius 2 is 2.24 bits per heavy atom. The van der Waals surface area contributed by atoms with Crippen molar-refractivity contribution in [3.63, 3.8) is 0 Å². The highest BCUT2D eigenvalue weighted by molar-refractivity contribution is 8.00. The van der Waals surface area contributed by atoms with Gasteiger partial charge in [-0.15, -0.1) is 11.3 Å². The van der Waals surface area contributed by atoms with Gasteiger partial charge in [-0.3, -0.25) is 5.41 Å². The molecule has 3 nitrogen and oxygen atoms in total. The maximum absolute atomic E-state index is 7.52. The Morgan fingerprint density at radius 1 is 1.47 bits per heavy atom. The molecule has 0 radical (unpaired) electrons. The van der Waals surface area contributed by atoms with Crippen LogP contribution in [-0.2, 0) is 5.75 Å². The van der Waals surface area contributed by atoms with Crippen molar-refractivity contribution in [2.75, 3.05) is 0 Å². The van der Waals surface area contributed by atoms with Crippen molar-refractivity contribution in [1.29, 1.82) is 5.41 Å². The summed E-state index contributed by atoms with van der Waals surface area (Å²) < 4.78 is 1.06. The van der Waals surface area contributed by atoms with E-state index in [1.807, 2.05) is 36.6 Å². The summed E-state index contributed by atoms with van der Waals surface area (Å²) in [5, 5.41) is 9.56. The van der Waals surface area contributed by atoms with Gasteiger partial charge in [0.25, 0.3) is 0 Å². The van der Waals surface area contributed by atoms with Crippen molar-refractivity contribution in [3.8, 4) is 0 Å². The lowest BCUT2D eigenvalue weighted by atomic mass is 10.1. The molecule has 0 aliphatic heterocycles. The minimum atomic E-state index is 0.122. The van der Waals surface area contributed by atoms with Crippen LogP contribution in [0.2, 0.25) is 0 Å². The summed E-state index contributed by atoms with van der Waals surface area (Å²) >= 11 is 3.33. The Morgan fingerprint density at radius 3 is 2.88 bits per heavy atom. The topological polar surface area (TPSA) is 62.8 Å². The first-order chi connectivity index (χ1) is 8.16. The van der Waals surface area contributed by atoms with Crippen LogP contribution in [0.4, 0.5) is 0 Å². The van der Waals surface area contributed by atoms with E-state index in [1.54, 1.807) is 23.1 Å². The molecule has 0 amide bonds. The SMILES string of the molecule is Cc1csc(SCc2ccccc2C(=N)N)n1. The normalized spacial score (nSPS) is 10.4. The fourth-order valence-electron chi connectivity index (χ4n) is 1.45. The second-order valence-corrected chi connectivity index (χ2v) is 5.69. The summed E-state index contributed by atoms with van der Waals surface area (Å²) in [5.41, 5.74) is 8.50. The van der Waals surface area contributed by atoms with E-state index in [1.165, 1.54) is 0 Å². The van der Waals surface area contributed by atoms with E-state index < -0.39 is 0 Å². The van der Waals surface area contributed by atoms with Gasteiger partial charge in [0.15, 0.2) is 0 Å². The average molecular weight is 263 g/mol. The number of thiazole rings is 1. The first-order valence-corrected chi connectivity index (χ1v) is 7.00. The molecule has 5 heteroatoms. The lowest BCUT2D eigenvalue weighted by Crippen LogP contribution is -2.13. The van der Waals surface area contributed by atoms with Gasteiger partial charge in [-0.2, -0.15) is 0 Å². The van der Waals surface area contributed by atoms with Crippen LogP contribution in [0.3, 0.4) is 0 Å². The Bertz CT molecular complexity index is 534. The lowest BCUT2D eigenvalue weighted by Gasteiger charge is -2.06. The van der Waals surface area contributed by atoms with Crippen LogP contribution in [0.1, 0.15) is 16.8 Å². The van der Waals surface area contributed by atoms with Gasteiger partial charge in [0.1, 0.15) is 10.2 Å². The van der Waals surface area contributed by atoms with Gasteiger partial charge in [-0.1, -0.05) is 36.0 Å². The van der Waals surface area contributed by atoms with Crippen LogP contribution in [0.5, 0.6) is 0 Å². The lowest BCUT2D eigenvalue weighted by molar-refractivity contribution is 1.16. The van der Waals surface area contributed by atoms with E-state index >= 15 is 0 Å². The third kappa shape index (κ3) is 3.08. The molecule has 2 aromatic rings. The van der Waals surface area contributed by atoms with Crippen molar-refractivity contribution in [3.05, 3.63) is 46.5 Å². The smallest absolute Gasteiger partial charge is 0.150 e. The Labute approximate surface area is 109 Å². The number of hydrogen-bond donors (Lipinski definition) is 2. The molecule has 0 aliphatic rings.